The van der Waals surface area contributed by atoms with Crippen molar-refractivity contribution >= 4 is 21.8 Å². The van der Waals surface area contributed by atoms with Crippen molar-refractivity contribution in [2.45, 2.75) is 19.4 Å². The zero-order valence-electron chi connectivity index (χ0n) is 11.1. The van der Waals surface area contributed by atoms with Crippen LogP contribution in [-0.2, 0) is 6.42 Å². The second-order valence-electron chi connectivity index (χ2n) is 4.67. The molecule has 0 spiro atoms. The molecule has 1 N–H and O–H groups in total. The number of carbonyl (C=O) groups is 1. The molecule has 0 radical (unpaired) electrons. The van der Waals surface area contributed by atoms with Gasteiger partial charge >= 0.3 is 0 Å². The molecule has 2 nitrogen and oxygen atoms in total. The fourth-order valence-electron chi connectivity index (χ4n) is 2.00. The summed E-state index contributed by atoms with van der Waals surface area (Å²) in [6.07, 6.45) is 0.736. The maximum absolute atomic E-state index is 13.4. The largest absolute Gasteiger partial charge is 0.349 e. The average Bonchev–Trinajstić information content (AvgIpc) is 2.42. The molecule has 0 aliphatic carbocycles. The van der Waals surface area contributed by atoms with Crippen LogP contribution in [0.1, 0.15) is 22.8 Å². The van der Waals surface area contributed by atoms with Gasteiger partial charge in [0.2, 0.25) is 0 Å². The van der Waals surface area contributed by atoms with Crippen molar-refractivity contribution < 1.29 is 9.18 Å². The maximum Gasteiger partial charge on any atom is 0.252 e. The number of hydrogen-bond acceptors (Lipinski definition) is 1. The normalized spacial score (nSPS) is 11.9. The standard InChI is InChI=1S/C16H15BrFNO/c1-11(10-12-6-3-2-4-7-12)19-16(20)13-8-5-9-14(18)15(13)17/h2-9,11H,10H2,1H3,(H,19,20). The number of rotatable bonds is 4. The van der Waals surface area contributed by atoms with Crippen LogP contribution >= 0.6 is 15.9 Å². The van der Waals surface area contributed by atoms with Gasteiger partial charge in [0.05, 0.1) is 10.0 Å². The van der Waals surface area contributed by atoms with Crippen LogP contribution < -0.4 is 5.32 Å². The van der Waals surface area contributed by atoms with Gasteiger partial charge in [0.15, 0.2) is 0 Å². The molecule has 2 aromatic rings. The van der Waals surface area contributed by atoms with E-state index in [9.17, 15) is 9.18 Å². The predicted octanol–water partition coefficient (Wildman–Crippen LogP) is 3.95. The molecule has 0 saturated carbocycles. The summed E-state index contributed by atoms with van der Waals surface area (Å²) in [6, 6.07) is 14.3. The highest BCUT2D eigenvalue weighted by Crippen LogP contribution is 2.20. The van der Waals surface area contributed by atoms with Gasteiger partial charge in [-0.3, -0.25) is 4.79 Å². The molecular formula is C16H15BrFNO. The molecule has 2 rings (SSSR count). The first-order valence-electron chi connectivity index (χ1n) is 6.36. The minimum atomic E-state index is -0.437. The number of carbonyl (C=O) groups excluding carboxylic acids is 1. The molecule has 0 fully saturated rings. The van der Waals surface area contributed by atoms with Crippen LogP contribution in [0.5, 0.6) is 0 Å². The van der Waals surface area contributed by atoms with Crippen LogP contribution in [0.25, 0.3) is 0 Å². The number of halogens is 2. The molecule has 4 heteroatoms. The lowest BCUT2D eigenvalue weighted by atomic mass is 10.1. The minimum Gasteiger partial charge on any atom is -0.349 e. The van der Waals surface area contributed by atoms with E-state index in [1.165, 1.54) is 12.1 Å². The lowest BCUT2D eigenvalue weighted by Crippen LogP contribution is -2.34. The SMILES string of the molecule is CC(Cc1ccccc1)NC(=O)c1cccc(F)c1Br. The van der Waals surface area contributed by atoms with E-state index in [-0.39, 0.29) is 16.4 Å². The summed E-state index contributed by atoms with van der Waals surface area (Å²) in [5.41, 5.74) is 1.46. The quantitative estimate of drug-likeness (QED) is 0.900. The van der Waals surface area contributed by atoms with Gasteiger partial charge in [0, 0.05) is 6.04 Å². The third-order valence-electron chi connectivity index (χ3n) is 2.96. The van der Waals surface area contributed by atoms with Crippen LogP contribution in [0.2, 0.25) is 0 Å². The van der Waals surface area contributed by atoms with Gasteiger partial charge in [0.25, 0.3) is 5.91 Å². The molecule has 1 atom stereocenters. The lowest BCUT2D eigenvalue weighted by molar-refractivity contribution is 0.0939. The summed E-state index contributed by atoms with van der Waals surface area (Å²) in [5.74, 6) is -0.715. The van der Waals surface area contributed by atoms with E-state index in [0.717, 1.165) is 12.0 Å². The van der Waals surface area contributed by atoms with Crippen molar-refractivity contribution in [3.63, 3.8) is 0 Å². The van der Waals surface area contributed by atoms with Gasteiger partial charge in [-0.15, -0.1) is 0 Å². The second kappa shape index (κ2) is 6.66. The summed E-state index contributed by atoms with van der Waals surface area (Å²) in [4.78, 5) is 12.1. The van der Waals surface area contributed by atoms with Crippen LogP contribution in [0.15, 0.2) is 53.0 Å². The predicted molar refractivity (Wildman–Crippen MR) is 81.2 cm³/mol. The van der Waals surface area contributed by atoms with Crippen molar-refractivity contribution in [3.05, 3.63) is 69.9 Å². The summed E-state index contributed by atoms with van der Waals surface area (Å²) in [7, 11) is 0. The first-order chi connectivity index (χ1) is 9.58. The van der Waals surface area contributed by atoms with Crippen molar-refractivity contribution in [3.8, 4) is 0 Å². The fourth-order valence-corrected chi connectivity index (χ4v) is 2.44. The number of nitrogens with one attached hydrogen (secondary N) is 1. The van der Waals surface area contributed by atoms with E-state index >= 15 is 0 Å². The van der Waals surface area contributed by atoms with Crippen molar-refractivity contribution in [1.29, 1.82) is 0 Å². The molecular weight excluding hydrogens is 321 g/mol. The molecule has 104 valence electrons. The number of benzene rings is 2. The highest BCUT2D eigenvalue weighted by molar-refractivity contribution is 9.10. The minimum absolute atomic E-state index is 0.0277. The molecule has 0 aliphatic rings. The van der Waals surface area contributed by atoms with Gasteiger partial charge in [0.1, 0.15) is 5.82 Å². The molecule has 1 unspecified atom stereocenters. The highest BCUT2D eigenvalue weighted by atomic mass is 79.9. The van der Waals surface area contributed by atoms with Gasteiger partial charge in [-0.2, -0.15) is 0 Å². The molecule has 1 amide bonds. The van der Waals surface area contributed by atoms with Crippen molar-refractivity contribution in [1.82, 2.24) is 5.32 Å². The highest BCUT2D eigenvalue weighted by Gasteiger charge is 2.15. The van der Waals surface area contributed by atoms with Crippen LogP contribution in [0, 0.1) is 5.82 Å². The van der Waals surface area contributed by atoms with E-state index in [0.29, 0.717) is 5.56 Å². The Kier molecular flexibility index (Phi) is 4.90. The molecule has 0 aromatic heterocycles. The maximum atomic E-state index is 13.4. The molecule has 0 bridgehead atoms. The van der Waals surface area contributed by atoms with Gasteiger partial charge in [-0.05, 0) is 47.0 Å². The third kappa shape index (κ3) is 3.67. The smallest absolute Gasteiger partial charge is 0.252 e. The molecule has 0 heterocycles. The van der Waals surface area contributed by atoms with Gasteiger partial charge in [-0.25, -0.2) is 4.39 Å². The summed E-state index contributed by atoms with van der Waals surface area (Å²) < 4.78 is 13.6. The Balaban J connectivity index is 2.02. The Bertz CT molecular complexity index is 601. The Morgan fingerprint density at radius 2 is 1.90 bits per heavy atom. The second-order valence-corrected chi connectivity index (χ2v) is 5.46. The van der Waals surface area contributed by atoms with E-state index in [4.69, 9.17) is 0 Å². The topological polar surface area (TPSA) is 29.1 Å². The molecule has 2 aromatic carbocycles. The number of hydrogen-bond donors (Lipinski definition) is 1. The Morgan fingerprint density at radius 1 is 1.20 bits per heavy atom. The Hall–Kier alpha value is -1.68. The average molecular weight is 336 g/mol. The van der Waals surface area contributed by atoms with Crippen LogP contribution in [0.3, 0.4) is 0 Å². The van der Waals surface area contributed by atoms with Crippen molar-refractivity contribution in [2.75, 3.05) is 0 Å². The fraction of sp³-hybridized carbons (Fsp3) is 0.188. The number of amides is 1. The van der Waals surface area contributed by atoms with Crippen molar-refractivity contribution in [2.24, 2.45) is 0 Å². The molecule has 0 aliphatic heterocycles. The molecule has 0 saturated heterocycles. The summed E-state index contributed by atoms with van der Waals surface area (Å²) >= 11 is 3.10. The van der Waals surface area contributed by atoms with Gasteiger partial charge in [-0.1, -0.05) is 36.4 Å². The summed E-state index contributed by atoms with van der Waals surface area (Å²) in [6.45, 7) is 1.93. The Labute approximate surface area is 126 Å². The Morgan fingerprint density at radius 3 is 2.60 bits per heavy atom. The van der Waals surface area contributed by atoms with Gasteiger partial charge < -0.3 is 5.32 Å². The first kappa shape index (κ1) is 14.7. The summed E-state index contributed by atoms with van der Waals surface area (Å²) in [5, 5.41) is 2.88. The van der Waals surface area contributed by atoms with Crippen LogP contribution in [-0.4, -0.2) is 11.9 Å². The van der Waals surface area contributed by atoms with E-state index in [1.807, 2.05) is 37.3 Å². The van der Waals surface area contributed by atoms with E-state index in [2.05, 4.69) is 21.2 Å². The molecule has 20 heavy (non-hydrogen) atoms. The van der Waals surface area contributed by atoms with Crippen LogP contribution in [0.4, 0.5) is 4.39 Å². The third-order valence-corrected chi connectivity index (χ3v) is 3.76. The zero-order chi connectivity index (χ0) is 14.5. The monoisotopic (exact) mass is 335 g/mol. The van der Waals surface area contributed by atoms with E-state index < -0.39 is 5.82 Å². The van der Waals surface area contributed by atoms with E-state index in [1.54, 1.807) is 6.07 Å². The zero-order valence-corrected chi connectivity index (χ0v) is 12.7. The lowest BCUT2D eigenvalue weighted by Gasteiger charge is -2.14. The first-order valence-corrected chi connectivity index (χ1v) is 7.16.